The largest absolute Gasteiger partial charge is 0.495 e. The predicted molar refractivity (Wildman–Crippen MR) is 169 cm³/mol. The van der Waals surface area contributed by atoms with E-state index in [0.717, 1.165) is 5.69 Å². The number of nitrogens with two attached hydrogens (primary N) is 2. The van der Waals surface area contributed by atoms with Crippen molar-refractivity contribution in [2.75, 3.05) is 51.4 Å². The molecule has 0 saturated carbocycles. The SMILES string of the molecule is COc1ccccc1N1CCN(S(=O)(=O)c2c(OCCCON=C(N)N)cc(C)cc2OS(=O)(=O)c2ccccc2)CC1.Cl. The Hall–Kier alpha value is -3.92. The van der Waals surface area contributed by atoms with E-state index in [4.69, 9.17) is 30.0 Å². The van der Waals surface area contributed by atoms with Gasteiger partial charge in [-0.15, -0.1) is 12.4 Å². The number of para-hydroxylation sites is 2. The van der Waals surface area contributed by atoms with Gasteiger partial charge in [0.2, 0.25) is 5.96 Å². The van der Waals surface area contributed by atoms with Crippen LogP contribution < -0.4 is 30.0 Å². The van der Waals surface area contributed by atoms with Crippen LogP contribution >= 0.6 is 12.4 Å². The Bertz CT molecular complexity index is 1650. The Morgan fingerprint density at radius 2 is 1.50 bits per heavy atom. The molecule has 1 fully saturated rings. The van der Waals surface area contributed by atoms with E-state index in [0.29, 0.717) is 30.8 Å². The molecule has 1 aliphatic rings. The molecule has 1 heterocycles. The number of benzene rings is 3. The summed E-state index contributed by atoms with van der Waals surface area (Å²) in [4.78, 5) is 6.50. The highest BCUT2D eigenvalue weighted by molar-refractivity contribution is 7.89. The third-order valence-corrected chi connectivity index (χ3v) is 9.68. The van der Waals surface area contributed by atoms with E-state index in [2.05, 4.69) is 5.16 Å². The van der Waals surface area contributed by atoms with Crippen molar-refractivity contribution < 1.29 is 35.3 Å². The number of nitrogens with zero attached hydrogens (tertiary/aromatic N) is 3. The number of hydrogen-bond donors (Lipinski definition) is 2. The first-order valence-corrected chi connectivity index (χ1v) is 16.2. The van der Waals surface area contributed by atoms with Gasteiger partial charge in [0.15, 0.2) is 10.6 Å². The van der Waals surface area contributed by atoms with Crippen LogP contribution in [-0.2, 0) is 25.0 Å². The van der Waals surface area contributed by atoms with E-state index in [1.54, 1.807) is 32.2 Å². The highest BCUT2D eigenvalue weighted by Crippen LogP contribution is 2.39. The second kappa shape index (κ2) is 15.2. The van der Waals surface area contributed by atoms with E-state index < -0.39 is 20.1 Å². The molecular formula is C28H36ClN5O8S2. The van der Waals surface area contributed by atoms with Crippen molar-refractivity contribution in [3.8, 4) is 17.2 Å². The standard InChI is InChI=1S/C28H35N5O8S2.ClH/c1-21-19-25(39-17-8-18-40-31-28(29)30)27(26(20-21)41-43(36,37)22-9-4-3-5-10-22)42(34,35)33-15-13-32(14-16-33)23-11-6-7-12-24(23)38-2;/h3-7,9-12,19-20H,8,13-18H2,1-2H3,(H4,29,30,31);1H. The molecule has 16 heteroatoms. The molecule has 44 heavy (non-hydrogen) atoms. The average molecular weight is 670 g/mol. The molecule has 1 aliphatic heterocycles. The summed E-state index contributed by atoms with van der Waals surface area (Å²) in [5.74, 6) is 0.0360. The summed E-state index contributed by atoms with van der Waals surface area (Å²) in [7, 11) is -7.09. The molecule has 1 saturated heterocycles. The van der Waals surface area contributed by atoms with E-state index in [1.807, 2.05) is 29.2 Å². The number of sulfonamides is 1. The minimum absolute atomic E-state index is 0. The minimum Gasteiger partial charge on any atom is -0.495 e. The Labute approximate surface area is 263 Å². The third-order valence-electron chi connectivity index (χ3n) is 6.47. The van der Waals surface area contributed by atoms with Crippen LogP contribution in [0.2, 0.25) is 0 Å². The summed E-state index contributed by atoms with van der Waals surface area (Å²) in [5, 5.41) is 3.44. The number of piperazine rings is 1. The van der Waals surface area contributed by atoms with Crippen molar-refractivity contribution in [3.05, 3.63) is 72.3 Å². The average Bonchev–Trinajstić information content (AvgIpc) is 2.98. The van der Waals surface area contributed by atoms with E-state index >= 15 is 0 Å². The van der Waals surface area contributed by atoms with Gasteiger partial charge in [0.25, 0.3) is 10.0 Å². The maximum atomic E-state index is 14.2. The molecule has 0 aromatic heterocycles. The Morgan fingerprint density at radius 1 is 0.864 bits per heavy atom. The van der Waals surface area contributed by atoms with Crippen LogP contribution in [0.15, 0.2) is 81.7 Å². The number of hydrogen-bond acceptors (Lipinski definition) is 10. The zero-order valence-corrected chi connectivity index (χ0v) is 26.7. The molecule has 4 rings (SSSR count). The molecule has 0 bridgehead atoms. The summed E-state index contributed by atoms with van der Waals surface area (Å²) >= 11 is 0. The number of guanidine groups is 1. The fraction of sp³-hybridized carbons (Fsp3) is 0.321. The molecule has 0 aliphatic carbocycles. The van der Waals surface area contributed by atoms with Crippen molar-refractivity contribution in [1.29, 1.82) is 0 Å². The van der Waals surface area contributed by atoms with Gasteiger partial charge in [-0.2, -0.15) is 12.7 Å². The van der Waals surface area contributed by atoms with Gasteiger partial charge in [0, 0.05) is 32.6 Å². The fourth-order valence-corrected chi connectivity index (χ4v) is 7.14. The molecule has 0 atom stereocenters. The quantitative estimate of drug-likeness (QED) is 0.0899. The van der Waals surface area contributed by atoms with Crippen LogP contribution in [-0.4, -0.2) is 73.6 Å². The summed E-state index contributed by atoms with van der Waals surface area (Å²) in [6.07, 6.45) is 0.306. The van der Waals surface area contributed by atoms with Crippen molar-refractivity contribution >= 4 is 44.2 Å². The van der Waals surface area contributed by atoms with Gasteiger partial charge >= 0.3 is 10.1 Å². The number of halogens is 1. The van der Waals surface area contributed by atoms with Crippen molar-refractivity contribution in [3.63, 3.8) is 0 Å². The lowest BCUT2D eigenvalue weighted by atomic mass is 10.2. The first-order chi connectivity index (χ1) is 20.5. The molecule has 0 unspecified atom stereocenters. The van der Waals surface area contributed by atoms with Gasteiger partial charge < -0.3 is 34.9 Å². The van der Waals surface area contributed by atoms with E-state index in [1.165, 1.54) is 28.6 Å². The van der Waals surface area contributed by atoms with E-state index in [-0.39, 0.29) is 66.0 Å². The van der Waals surface area contributed by atoms with E-state index in [9.17, 15) is 16.8 Å². The molecule has 0 spiro atoms. The topological polar surface area (TPSA) is 176 Å². The highest BCUT2D eigenvalue weighted by atomic mass is 35.5. The molecule has 4 N–H and O–H groups in total. The van der Waals surface area contributed by atoms with Gasteiger partial charge in [-0.1, -0.05) is 30.3 Å². The van der Waals surface area contributed by atoms with Crippen molar-refractivity contribution in [1.82, 2.24) is 4.31 Å². The lowest BCUT2D eigenvalue weighted by Gasteiger charge is -2.36. The molecule has 3 aromatic rings. The number of methoxy groups -OCH3 is 1. The number of oxime groups is 1. The maximum absolute atomic E-state index is 14.2. The Balaban J connectivity index is 0.00000529. The van der Waals surface area contributed by atoms with Gasteiger partial charge in [0.1, 0.15) is 23.0 Å². The van der Waals surface area contributed by atoms with Crippen LogP contribution in [0.4, 0.5) is 5.69 Å². The first kappa shape index (κ1) is 34.6. The maximum Gasteiger partial charge on any atom is 0.339 e. The van der Waals surface area contributed by atoms with Crippen LogP contribution in [0.5, 0.6) is 17.2 Å². The van der Waals surface area contributed by atoms with Crippen molar-refractivity contribution in [2.45, 2.75) is 23.1 Å². The molecule has 13 nitrogen and oxygen atoms in total. The van der Waals surface area contributed by atoms with Crippen molar-refractivity contribution in [2.24, 2.45) is 16.6 Å². The fourth-order valence-electron chi connectivity index (χ4n) is 4.50. The molecule has 0 amide bonds. The van der Waals surface area contributed by atoms with Gasteiger partial charge in [0.05, 0.1) is 19.4 Å². The van der Waals surface area contributed by atoms with Crippen LogP contribution in [0.1, 0.15) is 12.0 Å². The third kappa shape index (κ3) is 8.37. The van der Waals surface area contributed by atoms with Crippen LogP contribution in [0.25, 0.3) is 0 Å². The minimum atomic E-state index is -4.37. The van der Waals surface area contributed by atoms with Gasteiger partial charge in [-0.05, 0) is 54.0 Å². The number of ether oxygens (including phenoxy) is 2. The smallest absolute Gasteiger partial charge is 0.339 e. The predicted octanol–water partition coefficient (Wildman–Crippen LogP) is 2.68. The molecular weight excluding hydrogens is 634 g/mol. The summed E-state index contributed by atoms with van der Waals surface area (Å²) in [6.45, 7) is 2.82. The normalized spacial score (nSPS) is 13.8. The monoisotopic (exact) mass is 669 g/mol. The zero-order chi connectivity index (χ0) is 31.0. The second-order valence-electron chi connectivity index (χ2n) is 9.56. The lowest BCUT2D eigenvalue weighted by Crippen LogP contribution is -2.48. The van der Waals surface area contributed by atoms with Crippen LogP contribution in [0, 0.1) is 6.92 Å². The number of anilines is 1. The van der Waals surface area contributed by atoms with Gasteiger partial charge in [-0.25, -0.2) is 8.42 Å². The highest BCUT2D eigenvalue weighted by Gasteiger charge is 2.36. The molecule has 0 radical (unpaired) electrons. The first-order valence-electron chi connectivity index (χ1n) is 13.4. The Kier molecular flexibility index (Phi) is 11.9. The zero-order valence-electron chi connectivity index (χ0n) is 24.3. The van der Waals surface area contributed by atoms with Gasteiger partial charge in [-0.3, -0.25) is 0 Å². The molecule has 240 valence electrons. The summed E-state index contributed by atoms with van der Waals surface area (Å²) < 4.78 is 72.9. The number of rotatable bonds is 13. The summed E-state index contributed by atoms with van der Waals surface area (Å²) in [6, 6.07) is 17.9. The lowest BCUT2D eigenvalue weighted by molar-refractivity contribution is 0.126. The number of aryl methyl sites for hydroxylation is 1. The second-order valence-corrected chi connectivity index (χ2v) is 13.0. The Morgan fingerprint density at radius 3 is 2.16 bits per heavy atom. The molecule has 3 aromatic carbocycles. The summed E-state index contributed by atoms with van der Waals surface area (Å²) in [5.41, 5.74) is 11.9. The van der Waals surface area contributed by atoms with Crippen LogP contribution in [0.3, 0.4) is 0 Å².